The molecule has 0 radical (unpaired) electrons. The SMILES string of the molecule is COc1ccc(C=O)c(C=CCCN)c1O. The van der Waals surface area contributed by atoms with Gasteiger partial charge in [0.2, 0.25) is 0 Å². The number of hydrogen-bond acceptors (Lipinski definition) is 4. The van der Waals surface area contributed by atoms with E-state index < -0.39 is 0 Å². The van der Waals surface area contributed by atoms with Crippen molar-refractivity contribution in [3.8, 4) is 11.5 Å². The standard InChI is InChI=1S/C12H15NO3/c1-16-11-6-5-9(8-14)10(12(11)15)4-2-3-7-13/h2,4-6,8,15H,3,7,13H2,1H3. The Labute approximate surface area is 94.3 Å². The average Bonchev–Trinajstić information content (AvgIpc) is 2.31. The van der Waals surface area contributed by atoms with Gasteiger partial charge in [0.05, 0.1) is 7.11 Å². The lowest BCUT2D eigenvalue weighted by Crippen LogP contribution is -1.95. The minimum Gasteiger partial charge on any atom is -0.504 e. The van der Waals surface area contributed by atoms with Gasteiger partial charge in [0.1, 0.15) is 0 Å². The van der Waals surface area contributed by atoms with Gasteiger partial charge in [0.25, 0.3) is 0 Å². The third-order valence-electron chi connectivity index (χ3n) is 2.18. The maximum Gasteiger partial charge on any atom is 0.165 e. The van der Waals surface area contributed by atoms with Gasteiger partial charge in [-0.25, -0.2) is 0 Å². The van der Waals surface area contributed by atoms with Gasteiger partial charge in [-0.1, -0.05) is 12.2 Å². The summed E-state index contributed by atoms with van der Waals surface area (Å²) in [5, 5.41) is 9.83. The average molecular weight is 221 g/mol. The highest BCUT2D eigenvalue weighted by atomic mass is 16.5. The fourth-order valence-electron chi connectivity index (χ4n) is 1.34. The van der Waals surface area contributed by atoms with Crippen molar-refractivity contribution in [2.24, 2.45) is 5.73 Å². The van der Waals surface area contributed by atoms with Crippen LogP contribution in [0.2, 0.25) is 0 Å². The van der Waals surface area contributed by atoms with Crippen molar-refractivity contribution in [1.29, 1.82) is 0 Å². The Hall–Kier alpha value is -1.81. The van der Waals surface area contributed by atoms with Gasteiger partial charge in [-0.3, -0.25) is 4.79 Å². The van der Waals surface area contributed by atoms with Gasteiger partial charge in [-0.2, -0.15) is 0 Å². The van der Waals surface area contributed by atoms with Crippen LogP contribution in [0.1, 0.15) is 22.3 Å². The number of phenols is 1. The zero-order valence-electron chi connectivity index (χ0n) is 9.14. The molecule has 0 spiro atoms. The minimum absolute atomic E-state index is 0.0274. The lowest BCUT2D eigenvalue weighted by molar-refractivity contribution is 0.112. The summed E-state index contributed by atoms with van der Waals surface area (Å²) in [5.41, 5.74) is 6.23. The molecule has 0 fully saturated rings. The van der Waals surface area contributed by atoms with Crippen LogP contribution >= 0.6 is 0 Å². The third-order valence-corrected chi connectivity index (χ3v) is 2.18. The van der Waals surface area contributed by atoms with Crippen molar-refractivity contribution in [2.45, 2.75) is 6.42 Å². The number of carbonyl (C=O) groups is 1. The number of methoxy groups -OCH3 is 1. The summed E-state index contributed by atoms with van der Waals surface area (Å²) in [4.78, 5) is 10.8. The Balaban J connectivity index is 3.15. The van der Waals surface area contributed by atoms with E-state index in [-0.39, 0.29) is 5.75 Å². The van der Waals surface area contributed by atoms with Crippen LogP contribution in [0, 0.1) is 0 Å². The van der Waals surface area contributed by atoms with Crippen LogP contribution in [0.5, 0.6) is 11.5 Å². The number of hydrogen-bond donors (Lipinski definition) is 2. The molecule has 16 heavy (non-hydrogen) atoms. The van der Waals surface area contributed by atoms with Crippen LogP contribution in [0.4, 0.5) is 0 Å². The molecule has 0 bridgehead atoms. The van der Waals surface area contributed by atoms with Crippen LogP contribution in [-0.2, 0) is 0 Å². The number of aromatic hydroxyl groups is 1. The van der Waals surface area contributed by atoms with Crippen molar-refractivity contribution in [3.63, 3.8) is 0 Å². The second-order valence-corrected chi connectivity index (χ2v) is 3.22. The molecule has 3 N–H and O–H groups in total. The van der Waals surface area contributed by atoms with E-state index in [1.54, 1.807) is 18.2 Å². The highest BCUT2D eigenvalue weighted by Crippen LogP contribution is 2.32. The van der Waals surface area contributed by atoms with Crippen molar-refractivity contribution >= 4 is 12.4 Å². The first-order valence-electron chi connectivity index (χ1n) is 4.96. The van der Waals surface area contributed by atoms with E-state index in [9.17, 15) is 9.90 Å². The number of ether oxygens (including phenoxy) is 1. The molecule has 4 nitrogen and oxygen atoms in total. The van der Waals surface area contributed by atoms with Gasteiger partial charge in [0, 0.05) is 11.1 Å². The first-order valence-corrected chi connectivity index (χ1v) is 4.96. The van der Waals surface area contributed by atoms with E-state index in [1.807, 2.05) is 6.08 Å². The summed E-state index contributed by atoms with van der Waals surface area (Å²) in [6.07, 6.45) is 4.87. The number of nitrogens with two attached hydrogens (primary N) is 1. The van der Waals surface area contributed by atoms with E-state index in [1.165, 1.54) is 7.11 Å². The van der Waals surface area contributed by atoms with Crippen LogP contribution in [0.15, 0.2) is 18.2 Å². The zero-order chi connectivity index (χ0) is 12.0. The molecule has 0 saturated heterocycles. The topological polar surface area (TPSA) is 72.5 Å². The lowest BCUT2D eigenvalue weighted by Gasteiger charge is -2.07. The molecule has 1 aromatic carbocycles. The molecule has 1 aromatic rings. The molecule has 4 heteroatoms. The smallest absolute Gasteiger partial charge is 0.165 e. The van der Waals surface area contributed by atoms with Gasteiger partial charge < -0.3 is 15.6 Å². The van der Waals surface area contributed by atoms with Crippen LogP contribution < -0.4 is 10.5 Å². The Morgan fingerprint density at radius 3 is 2.81 bits per heavy atom. The van der Waals surface area contributed by atoms with Crippen LogP contribution in [0.3, 0.4) is 0 Å². The van der Waals surface area contributed by atoms with Crippen molar-refractivity contribution in [3.05, 3.63) is 29.3 Å². The molecule has 0 amide bonds. The van der Waals surface area contributed by atoms with E-state index in [0.29, 0.717) is 36.1 Å². The van der Waals surface area contributed by atoms with Gasteiger partial charge in [-0.15, -0.1) is 0 Å². The second-order valence-electron chi connectivity index (χ2n) is 3.22. The van der Waals surface area contributed by atoms with Crippen molar-refractivity contribution in [1.82, 2.24) is 0 Å². The zero-order valence-corrected chi connectivity index (χ0v) is 9.14. The maximum atomic E-state index is 10.8. The predicted octanol–water partition coefficient (Wildman–Crippen LogP) is 1.58. The maximum absolute atomic E-state index is 10.8. The normalized spacial score (nSPS) is 10.6. The van der Waals surface area contributed by atoms with E-state index in [4.69, 9.17) is 10.5 Å². The summed E-state index contributed by atoms with van der Waals surface area (Å²) in [6, 6.07) is 3.16. The first kappa shape index (κ1) is 12.3. The summed E-state index contributed by atoms with van der Waals surface area (Å²) in [6.45, 7) is 0.525. The Kier molecular flexibility index (Phi) is 4.54. The van der Waals surface area contributed by atoms with Crippen LogP contribution in [0.25, 0.3) is 6.08 Å². The molecule has 0 aliphatic heterocycles. The first-order chi connectivity index (χ1) is 7.74. The molecule has 0 saturated carbocycles. The molecule has 0 aliphatic carbocycles. The minimum atomic E-state index is -0.0274. The molecule has 0 atom stereocenters. The Morgan fingerprint density at radius 1 is 1.50 bits per heavy atom. The quantitative estimate of drug-likeness (QED) is 0.740. The molecule has 0 heterocycles. The van der Waals surface area contributed by atoms with Crippen molar-refractivity contribution in [2.75, 3.05) is 13.7 Å². The highest BCUT2D eigenvalue weighted by molar-refractivity contribution is 5.85. The molecular weight excluding hydrogens is 206 g/mol. The number of aldehydes is 1. The fraction of sp³-hybridized carbons (Fsp3) is 0.250. The summed E-state index contributed by atoms with van der Waals surface area (Å²) in [5.74, 6) is 0.318. The predicted molar refractivity (Wildman–Crippen MR) is 62.8 cm³/mol. The lowest BCUT2D eigenvalue weighted by atomic mass is 10.1. The monoisotopic (exact) mass is 221 g/mol. The Bertz CT molecular complexity index is 399. The second kappa shape index (κ2) is 5.92. The fourth-order valence-corrected chi connectivity index (χ4v) is 1.34. The number of rotatable bonds is 5. The molecule has 86 valence electrons. The van der Waals surface area contributed by atoms with E-state index >= 15 is 0 Å². The van der Waals surface area contributed by atoms with Gasteiger partial charge in [-0.05, 0) is 25.1 Å². The van der Waals surface area contributed by atoms with Gasteiger partial charge in [0.15, 0.2) is 17.8 Å². The third kappa shape index (κ3) is 2.61. The molecular formula is C12H15NO3. The summed E-state index contributed by atoms with van der Waals surface area (Å²) in [7, 11) is 1.46. The van der Waals surface area contributed by atoms with E-state index in [2.05, 4.69) is 0 Å². The van der Waals surface area contributed by atoms with Crippen molar-refractivity contribution < 1.29 is 14.6 Å². The largest absolute Gasteiger partial charge is 0.504 e. The molecule has 0 aliphatic rings. The molecule has 1 rings (SSSR count). The van der Waals surface area contributed by atoms with Crippen LogP contribution in [-0.4, -0.2) is 25.0 Å². The number of carbonyl (C=O) groups excluding carboxylic acids is 1. The molecule has 0 unspecified atom stereocenters. The summed E-state index contributed by atoms with van der Waals surface area (Å²) < 4.78 is 4.97. The Morgan fingerprint density at radius 2 is 2.25 bits per heavy atom. The number of phenolic OH excluding ortho intramolecular Hbond substituents is 1. The van der Waals surface area contributed by atoms with E-state index in [0.717, 1.165) is 0 Å². The highest BCUT2D eigenvalue weighted by Gasteiger charge is 2.09. The summed E-state index contributed by atoms with van der Waals surface area (Å²) >= 11 is 0. The van der Waals surface area contributed by atoms with Gasteiger partial charge >= 0.3 is 0 Å². The number of benzene rings is 1. The molecule has 0 aromatic heterocycles.